The molecule has 0 spiro atoms. The quantitative estimate of drug-likeness (QED) is 0.781. The van der Waals surface area contributed by atoms with Gasteiger partial charge >= 0.3 is 0 Å². The summed E-state index contributed by atoms with van der Waals surface area (Å²) >= 11 is 0. The number of fused-ring (bicyclic) bond motifs is 1. The topological polar surface area (TPSA) is 69.7 Å². The fourth-order valence-corrected chi connectivity index (χ4v) is 4.07. The molecule has 3 rings (SSSR count). The maximum atomic E-state index is 13.2. The van der Waals surface area contributed by atoms with Crippen molar-refractivity contribution >= 4 is 28.5 Å². The highest BCUT2D eigenvalue weighted by Crippen LogP contribution is 2.20. The van der Waals surface area contributed by atoms with Gasteiger partial charge in [0.2, 0.25) is 17.7 Å². The molecule has 1 saturated heterocycles. The van der Waals surface area contributed by atoms with Crippen molar-refractivity contribution < 1.29 is 14.4 Å². The second-order valence-electron chi connectivity index (χ2n) is 10.0. The Labute approximate surface area is 191 Å². The van der Waals surface area contributed by atoms with E-state index in [9.17, 15) is 14.4 Å². The summed E-state index contributed by atoms with van der Waals surface area (Å²) in [7, 11) is 0. The highest BCUT2D eigenvalue weighted by atomic mass is 16.2. The molecule has 0 radical (unpaired) electrons. The summed E-state index contributed by atoms with van der Waals surface area (Å²) in [5, 5.41) is 5.19. The normalized spacial score (nSPS) is 15.7. The van der Waals surface area contributed by atoms with Gasteiger partial charge in [0.05, 0.1) is 6.42 Å². The number of piperazine rings is 1. The Kier molecular flexibility index (Phi) is 7.22. The molecule has 2 aromatic rings. The number of rotatable bonds is 5. The fraction of sp³-hybridized carbons (Fsp3) is 0.500. The first-order chi connectivity index (χ1) is 15.1. The van der Waals surface area contributed by atoms with Gasteiger partial charge in [0, 0.05) is 31.6 Å². The molecule has 1 unspecified atom stereocenters. The molecular weight excluding hydrogens is 402 g/mol. The van der Waals surface area contributed by atoms with Crippen LogP contribution in [0.2, 0.25) is 0 Å². The van der Waals surface area contributed by atoms with Crippen molar-refractivity contribution in [2.45, 2.75) is 47.1 Å². The van der Waals surface area contributed by atoms with E-state index in [-0.39, 0.29) is 30.1 Å². The lowest BCUT2D eigenvalue weighted by Gasteiger charge is -2.39. The standard InChI is InChI=1S/C26H35N3O3/c1-18(2)23(24(31)28-12-14-29(15-13-28)25(32)26(3,4)5)27-22(30)17-19-10-11-20-8-6-7-9-21(20)16-19/h6-11,16,18,23H,12-15,17H2,1-5H3,(H,27,30). The van der Waals surface area contributed by atoms with E-state index in [2.05, 4.69) is 5.32 Å². The van der Waals surface area contributed by atoms with Crippen LogP contribution in [0, 0.1) is 11.3 Å². The van der Waals surface area contributed by atoms with Crippen molar-refractivity contribution in [3.05, 3.63) is 48.0 Å². The highest BCUT2D eigenvalue weighted by molar-refractivity contribution is 5.90. The summed E-state index contributed by atoms with van der Waals surface area (Å²) < 4.78 is 0. The second kappa shape index (κ2) is 9.72. The zero-order chi connectivity index (χ0) is 23.5. The number of benzene rings is 2. The molecule has 1 fully saturated rings. The van der Waals surface area contributed by atoms with E-state index in [0.717, 1.165) is 16.3 Å². The van der Waals surface area contributed by atoms with Gasteiger partial charge in [0.15, 0.2) is 0 Å². The number of hydrogen-bond donors (Lipinski definition) is 1. The van der Waals surface area contributed by atoms with Crippen LogP contribution in [0.3, 0.4) is 0 Å². The zero-order valence-electron chi connectivity index (χ0n) is 19.9. The van der Waals surface area contributed by atoms with Gasteiger partial charge < -0.3 is 15.1 Å². The van der Waals surface area contributed by atoms with Gasteiger partial charge in [0.25, 0.3) is 0 Å². The maximum Gasteiger partial charge on any atom is 0.245 e. The predicted octanol–water partition coefficient (Wildman–Crippen LogP) is 3.24. The number of nitrogens with zero attached hydrogens (tertiary/aromatic N) is 2. The predicted molar refractivity (Wildman–Crippen MR) is 127 cm³/mol. The largest absolute Gasteiger partial charge is 0.344 e. The van der Waals surface area contributed by atoms with Gasteiger partial charge in [-0.1, -0.05) is 77.1 Å². The Morgan fingerprint density at radius 1 is 0.906 bits per heavy atom. The van der Waals surface area contributed by atoms with Crippen LogP contribution in [0.1, 0.15) is 40.2 Å². The highest BCUT2D eigenvalue weighted by Gasteiger charge is 2.34. The van der Waals surface area contributed by atoms with Gasteiger partial charge in [-0.3, -0.25) is 14.4 Å². The van der Waals surface area contributed by atoms with Crippen molar-refractivity contribution in [3.8, 4) is 0 Å². The zero-order valence-corrected chi connectivity index (χ0v) is 19.9. The van der Waals surface area contributed by atoms with Crippen LogP contribution >= 0.6 is 0 Å². The summed E-state index contributed by atoms with van der Waals surface area (Å²) in [5.41, 5.74) is 0.495. The summed E-state index contributed by atoms with van der Waals surface area (Å²) in [6.45, 7) is 11.6. The number of hydrogen-bond acceptors (Lipinski definition) is 3. The van der Waals surface area contributed by atoms with Crippen LogP contribution < -0.4 is 5.32 Å². The number of nitrogens with one attached hydrogen (secondary N) is 1. The Morgan fingerprint density at radius 2 is 1.50 bits per heavy atom. The smallest absolute Gasteiger partial charge is 0.245 e. The molecule has 1 heterocycles. The molecule has 3 amide bonds. The molecule has 1 atom stereocenters. The van der Waals surface area contributed by atoms with Crippen LogP contribution in [0.25, 0.3) is 10.8 Å². The van der Waals surface area contributed by atoms with E-state index in [1.165, 1.54) is 0 Å². The van der Waals surface area contributed by atoms with Crippen LogP contribution in [0.4, 0.5) is 0 Å². The van der Waals surface area contributed by atoms with E-state index < -0.39 is 11.5 Å². The molecule has 32 heavy (non-hydrogen) atoms. The summed E-state index contributed by atoms with van der Waals surface area (Å²) in [4.78, 5) is 42.1. The molecule has 1 aliphatic rings. The van der Waals surface area contributed by atoms with Crippen molar-refractivity contribution in [1.29, 1.82) is 0 Å². The van der Waals surface area contributed by atoms with Crippen LogP contribution in [-0.2, 0) is 20.8 Å². The first kappa shape index (κ1) is 23.8. The van der Waals surface area contributed by atoms with Crippen molar-refractivity contribution in [1.82, 2.24) is 15.1 Å². The molecule has 6 nitrogen and oxygen atoms in total. The molecule has 2 aromatic carbocycles. The minimum atomic E-state index is -0.576. The Balaban J connectivity index is 1.60. The Morgan fingerprint density at radius 3 is 2.09 bits per heavy atom. The summed E-state index contributed by atoms with van der Waals surface area (Å²) in [6, 6.07) is 13.5. The molecule has 0 aliphatic carbocycles. The minimum Gasteiger partial charge on any atom is -0.344 e. The second-order valence-corrected chi connectivity index (χ2v) is 10.0. The van der Waals surface area contributed by atoms with E-state index in [1.807, 2.05) is 82.0 Å². The monoisotopic (exact) mass is 437 g/mol. The summed E-state index contributed by atoms with van der Waals surface area (Å²) in [6.07, 6.45) is 0.231. The van der Waals surface area contributed by atoms with Crippen LogP contribution in [-0.4, -0.2) is 59.7 Å². The van der Waals surface area contributed by atoms with Crippen molar-refractivity contribution in [3.63, 3.8) is 0 Å². The molecule has 1 N–H and O–H groups in total. The molecule has 0 saturated carbocycles. The fourth-order valence-electron chi connectivity index (χ4n) is 4.07. The van der Waals surface area contributed by atoms with Gasteiger partial charge in [-0.05, 0) is 22.3 Å². The lowest BCUT2D eigenvalue weighted by atomic mass is 9.94. The van der Waals surface area contributed by atoms with Crippen LogP contribution in [0.5, 0.6) is 0 Å². The van der Waals surface area contributed by atoms with Crippen molar-refractivity contribution in [2.24, 2.45) is 11.3 Å². The lowest BCUT2D eigenvalue weighted by molar-refractivity contribution is -0.146. The van der Waals surface area contributed by atoms with Gasteiger partial charge in [-0.2, -0.15) is 0 Å². The molecule has 172 valence electrons. The SMILES string of the molecule is CC(C)C(NC(=O)Cc1ccc2ccccc2c1)C(=O)N1CCN(C(=O)C(C)(C)C)CC1. The number of carbonyl (C=O) groups excluding carboxylic acids is 3. The maximum absolute atomic E-state index is 13.2. The third kappa shape index (κ3) is 5.67. The number of amides is 3. The summed E-state index contributed by atoms with van der Waals surface area (Å²) in [5.74, 6) is -0.158. The van der Waals surface area contributed by atoms with E-state index >= 15 is 0 Å². The van der Waals surface area contributed by atoms with Gasteiger partial charge in [-0.25, -0.2) is 0 Å². The lowest BCUT2D eigenvalue weighted by Crippen LogP contribution is -2.58. The molecule has 0 bridgehead atoms. The number of carbonyl (C=O) groups is 3. The minimum absolute atomic E-state index is 0.0303. The van der Waals surface area contributed by atoms with E-state index in [1.54, 1.807) is 4.90 Å². The molecule has 0 aromatic heterocycles. The molecule has 1 aliphatic heterocycles. The van der Waals surface area contributed by atoms with E-state index in [0.29, 0.717) is 26.2 Å². The average Bonchev–Trinajstić information content (AvgIpc) is 2.75. The first-order valence-electron chi connectivity index (χ1n) is 11.4. The first-order valence-corrected chi connectivity index (χ1v) is 11.4. The van der Waals surface area contributed by atoms with Gasteiger partial charge in [-0.15, -0.1) is 0 Å². The Hall–Kier alpha value is -2.89. The third-order valence-corrected chi connectivity index (χ3v) is 5.95. The molecule has 6 heteroatoms. The average molecular weight is 438 g/mol. The molecular formula is C26H35N3O3. The Bertz CT molecular complexity index is 985. The van der Waals surface area contributed by atoms with Crippen molar-refractivity contribution in [2.75, 3.05) is 26.2 Å². The third-order valence-electron chi connectivity index (χ3n) is 5.95. The van der Waals surface area contributed by atoms with E-state index in [4.69, 9.17) is 0 Å². The van der Waals surface area contributed by atoms with Crippen LogP contribution in [0.15, 0.2) is 42.5 Å². The van der Waals surface area contributed by atoms with Gasteiger partial charge in [0.1, 0.15) is 6.04 Å².